The molecule has 1 aliphatic heterocycles. The maximum atomic E-state index is 8.85. The van der Waals surface area contributed by atoms with Crippen LogP contribution >= 0.6 is 0 Å². The molecule has 0 aliphatic carbocycles. The van der Waals surface area contributed by atoms with E-state index in [9.17, 15) is 0 Å². The molecular formula is C17H22N6O. The highest BCUT2D eigenvalue weighted by molar-refractivity contribution is 5.42. The molecule has 2 aromatic heterocycles. The molecule has 1 fully saturated rings. The fourth-order valence-electron chi connectivity index (χ4n) is 2.79. The Kier molecular flexibility index (Phi) is 4.76. The minimum Gasteiger partial charge on any atom is -0.354 e. The zero-order chi connectivity index (χ0) is 17.1. The zero-order valence-electron chi connectivity index (χ0n) is 14.3. The highest BCUT2D eigenvalue weighted by Crippen LogP contribution is 2.23. The lowest BCUT2D eigenvalue weighted by atomic mass is 10.2. The van der Waals surface area contributed by atoms with Gasteiger partial charge in [-0.15, -0.1) is 0 Å². The Morgan fingerprint density at radius 1 is 1.17 bits per heavy atom. The number of hydrogen-bond acceptors (Lipinski definition) is 7. The van der Waals surface area contributed by atoms with Crippen molar-refractivity contribution >= 4 is 5.82 Å². The highest BCUT2D eigenvalue weighted by Gasteiger charge is 2.26. The topological polar surface area (TPSA) is 82.1 Å². The van der Waals surface area contributed by atoms with Crippen LogP contribution < -0.4 is 4.90 Å². The fraction of sp³-hybridized carbons (Fsp3) is 0.529. The van der Waals surface area contributed by atoms with Gasteiger partial charge in [0.2, 0.25) is 5.89 Å². The average molecular weight is 326 g/mol. The first-order valence-corrected chi connectivity index (χ1v) is 8.27. The van der Waals surface area contributed by atoms with Crippen LogP contribution in [0.5, 0.6) is 0 Å². The van der Waals surface area contributed by atoms with Gasteiger partial charge in [0.25, 0.3) is 0 Å². The lowest BCUT2D eigenvalue weighted by Crippen LogP contribution is -2.47. The van der Waals surface area contributed by atoms with Gasteiger partial charge in [-0.05, 0) is 19.1 Å². The van der Waals surface area contributed by atoms with Crippen LogP contribution in [0, 0.1) is 11.3 Å². The summed E-state index contributed by atoms with van der Waals surface area (Å²) >= 11 is 0. The first-order valence-electron chi connectivity index (χ1n) is 8.27. The third kappa shape index (κ3) is 3.39. The summed E-state index contributed by atoms with van der Waals surface area (Å²) in [5.74, 6) is 2.64. The van der Waals surface area contributed by atoms with Gasteiger partial charge in [-0.1, -0.05) is 19.0 Å². The summed E-state index contributed by atoms with van der Waals surface area (Å²) in [6.07, 6.45) is 1.62. The molecule has 0 N–H and O–H groups in total. The van der Waals surface area contributed by atoms with E-state index in [2.05, 4.69) is 51.8 Å². The van der Waals surface area contributed by atoms with Crippen molar-refractivity contribution in [2.75, 3.05) is 31.1 Å². The molecule has 0 unspecified atom stereocenters. The second-order valence-corrected chi connectivity index (χ2v) is 6.36. The van der Waals surface area contributed by atoms with Gasteiger partial charge >= 0.3 is 0 Å². The van der Waals surface area contributed by atoms with E-state index in [1.165, 1.54) is 0 Å². The van der Waals surface area contributed by atoms with Crippen LogP contribution in [0.1, 0.15) is 50.0 Å². The SMILES string of the molecule is CC(C)c1noc([C@H](C)N2CCN(c3ccc(C#N)cn3)CC2)n1. The number of rotatable bonds is 4. The first kappa shape index (κ1) is 16.4. The number of nitriles is 1. The molecule has 3 rings (SSSR count). The number of aromatic nitrogens is 3. The molecular weight excluding hydrogens is 304 g/mol. The van der Waals surface area contributed by atoms with Gasteiger partial charge in [0.05, 0.1) is 11.6 Å². The maximum Gasteiger partial charge on any atom is 0.243 e. The molecule has 126 valence electrons. The van der Waals surface area contributed by atoms with E-state index in [0.29, 0.717) is 11.5 Å². The average Bonchev–Trinajstić information content (AvgIpc) is 3.12. The Bertz CT molecular complexity index is 709. The Morgan fingerprint density at radius 2 is 1.92 bits per heavy atom. The number of pyridine rings is 1. The monoisotopic (exact) mass is 326 g/mol. The number of nitrogens with zero attached hydrogens (tertiary/aromatic N) is 6. The summed E-state index contributed by atoms with van der Waals surface area (Å²) in [5, 5.41) is 12.9. The first-order chi connectivity index (χ1) is 11.6. The minimum atomic E-state index is 0.112. The van der Waals surface area contributed by atoms with Gasteiger partial charge in [0.15, 0.2) is 5.82 Å². The van der Waals surface area contributed by atoms with Gasteiger partial charge in [-0.2, -0.15) is 10.2 Å². The van der Waals surface area contributed by atoms with E-state index in [1.807, 2.05) is 12.1 Å². The van der Waals surface area contributed by atoms with Crippen molar-refractivity contribution in [3.63, 3.8) is 0 Å². The molecule has 0 spiro atoms. The largest absolute Gasteiger partial charge is 0.354 e. The van der Waals surface area contributed by atoms with Gasteiger partial charge in [-0.3, -0.25) is 4.90 Å². The predicted molar refractivity (Wildman–Crippen MR) is 89.5 cm³/mol. The zero-order valence-corrected chi connectivity index (χ0v) is 14.3. The Balaban J connectivity index is 1.60. The summed E-state index contributed by atoms with van der Waals surface area (Å²) in [7, 11) is 0. The van der Waals surface area contributed by atoms with E-state index in [4.69, 9.17) is 9.78 Å². The minimum absolute atomic E-state index is 0.112. The smallest absolute Gasteiger partial charge is 0.243 e. The standard InChI is InChI=1S/C17H22N6O/c1-12(2)16-20-17(24-21-16)13(3)22-6-8-23(9-7-22)15-5-4-14(10-18)11-19-15/h4-5,11-13H,6-9H2,1-3H3/t13-/m0/s1. The fourth-order valence-corrected chi connectivity index (χ4v) is 2.79. The molecule has 0 amide bonds. The molecule has 0 saturated carbocycles. The second kappa shape index (κ2) is 6.97. The van der Waals surface area contributed by atoms with Crippen molar-refractivity contribution in [3.05, 3.63) is 35.6 Å². The molecule has 7 nitrogen and oxygen atoms in total. The third-order valence-electron chi connectivity index (χ3n) is 4.39. The van der Waals surface area contributed by atoms with E-state index >= 15 is 0 Å². The summed E-state index contributed by atoms with van der Waals surface area (Å²) in [6, 6.07) is 5.92. The third-order valence-corrected chi connectivity index (χ3v) is 4.39. The molecule has 1 aliphatic rings. The molecule has 2 aromatic rings. The number of piperazine rings is 1. The quantitative estimate of drug-likeness (QED) is 0.853. The Hall–Kier alpha value is -2.46. The number of hydrogen-bond donors (Lipinski definition) is 0. The summed E-state index contributed by atoms with van der Waals surface area (Å²) in [4.78, 5) is 13.5. The molecule has 3 heterocycles. The van der Waals surface area contributed by atoms with Crippen LogP contribution in [-0.2, 0) is 0 Å². The molecule has 0 aromatic carbocycles. The van der Waals surface area contributed by atoms with Crippen LogP contribution in [0.15, 0.2) is 22.9 Å². The molecule has 24 heavy (non-hydrogen) atoms. The Morgan fingerprint density at radius 3 is 2.46 bits per heavy atom. The van der Waals surface area contributed by atoms with Gasteiger partial charge in [-0.25, -0.2) is 4.98 Å². The van der Waals surface area contributed by atoms with Crippen molar-refractivity contribution in [2.45, 2.75) is 32.7 Å². The summed E-state index contributed by atoms with van der Waals surface area (Å²) in [5.41, 5.74) is 0.586. The molecule has 1 atom stereocenters. The van der Waals surface area contributed by atoms with Crippen LogP contribution in [0.4, 0.5) is 5.82 Å². The second-order valence-electron chi connectivity index (χ2n) is 6.36. The van der Waals surface area contributed by atoms with E-state index in [-0.39, 0.29) is 12.0 Å². The van der Waals surface area contributed by atoms with Gasteiger partial charge in [0, 0.05) is 38.3 Å². The molecule has 0 bridgehead atoms. The summed E-state index contributed by atoms with van der Waals surface area (Å²) in [6.45, 7) is 9.80. The number of anilines is 1. The Labute approximate surface area is 141 Å². The van der Waals surface area contributed by atoms with Crippen molar-refractivity contribution < 1.29 is 4.52 Å². The maximum absolute atomic E-state index is 8.85. The van der Waals surface area contributed by atoms with Crippen LogP contribution in [0.3, 0.4) is 0 Å². The molecule has 1 saturated heterocycles. The highest BCUT2D eigenvalue weighted by atomic mass is 16.5. The van der Waals surface area contributed by atoms with Gasteiger partial charge < -0.3 is 9.42 Å². The predicted octanol–water partition coefficient (Wildman–Crippen LogP) is 2.34. The normalized spacial score (nSPS) is 17.0. The summed E-state index contributed by atoms with van der Waals surface area (Å²) < 4.78 is 5.42. The molecule has 7 heteroatoms. The van der Waals surface area contributed by atoms with Crippen LogP contribution in [0.25, 0.3) is 0 Å². The van der Waals surface area contributed by atoms with E-state index < -0.39 is 0 Å². The van der Waals surface area contributed by atoms with Crippen molar-refractivity contribution in [3.8, 4) is 6.07 Å². The lowest BCUT2D eigenvalue weighted by molar-refractivity contribution is 0.164. The van der Waals surface area contributed by atoms with Crippen molar-refractivity contribution in [1.29, 1.82) is 5.26 Å². The van der Waals surface area contributed by atoms with Gasteiger partial charge in [0.1, 0.15) is 11.9 Å². The van der Waals surface area contributed by atoms with Crippen molar-refractivity contribution in [1.82, 2.24) is 20.0 Å². The van der Waals surface area contributed by atoms with E-state index in [0.717, 1.165) is 37.8 Å². The molecule has 0 radical (unpaired) electrons. The van der Waals surface area contributed by atoms with E-state index in [1.54, 1.807) is 6.20 Å². The van der Waals surface area contributed by atoms with Crippen LogP contribution in [-0.4, -0.2) is 46.2 Å². The lowest BCUT2D eigenvalue weighted by Gasteiger charge is -2.37. The van der Waals surface area contributed by atoms with Crippen molar-refractivity contribution in [2.24, 2.45) is 0 Å². The van der Waals surface area contributed by atoms with Crippen LogP contribution in [0.2, 0.25) is 0 Å².